The molecule has 0 radical (unpaired) electrons. The van der Waals surface area contributed by atoms with Crippen LogP contribution in [0.15, 0.2) is 24.5 Å². The fraction of sp³-hybridized carbons (Fsp3) is 0.385. The molecule has 1 heterocycles. The Morgan fingerprint density at radius 1 is 1.42 bits per heavy atom. The zero-order chi connectivity index (χ0) is 13.2. The van der Waals surface area contributed by atoms with E-state index in [2.05, 4.69) is 15.4 Å². The van der Waals surface area contributed by atoms with Gasteiger partial charge in [-0.15, -0.1) is 0 Å². The molecule has 1 fully saturated rings. The molecule has 1 aliphatic carbocycles. The molecular formula is C13H14ClFN4. The van der Waals surface area contributed by atoms with E-state index in [0.29, 0.717) is 29.7 Å². The molecule has 1 saturated carbocycles. The number of hydrogen-bond donors (Lipinski definition) is 1. The minimum absolute atomic E-state index is 0.299. The predicted octanol–water partition coefficient (Wildman–Crippen LogP) is 2.37. The van der Waals surface area contributed by atoms with Crippen molar-refractivity contribution in [2.24, 2.45) is 0 Å². The van der Waals surface area contributed by atoms with E-state index in [4.69, 9.17) is 11.6 Å². The summed E-state index contributed by atoms with van der Waals surface area (Å²) in [5.41, 5.74) is 0.447. The third-order valence-corrected chi connectivity index (χ3v) is 3.55. The molecule has 4 nitrogen and oxygen atoms in total. The zero-order valence-corrected chi connectivity index (χ0v) is 11.1. The van der Waals surface area contributed by atoms with Crippen molar-refractivity contribution in [2.45, 2.75) is 32.0 Å². The largest absolute Gasteiger partial charge is 0.307 e. The van der Waals surface area contributed by atoms with Gasteiger partial charge >= 0.3 is 0 Å². The molecule has 19 heavy (non-hydrogen) atoms. The van der Waals surface area contributed by atoms with Crippen LogP contribution in [0, 0.1) is 5.82 Å². The molecule has 0 aliphatic heterocycles. The van der Waals surface area contributed by atoms with Crippen LogP contribution < -0.4 is 5.32 Å². The van der Waals surface area contributed by atoms with E-state index in [1.807, 2.05) is 0 Å². The van der Waals surface area contributed by atoms with Crippen LogP contribution in [0.25, 0.3) is 0 Å². The third-order valence-electron chi connectivity index (χ3n) is 3.19. The second-order valence-electron chi connectivity index (χ2n) is 4.69. The van der Waals surface area contributed by atoms with Crippen molar-refractivity contribution in [3.05, 3.63) is 46.8 Å². The van der Waals surface area contributed by atoms with Crippen molar-refractivity contribution < 1.29 is 4.39 Å². The Hall–Kier alpha value is -1.46. The average molecular weight is 281 g/mol. The average Bonchev–Trinajstić information content (AvgIpc) is 3.11. The van der Waals surface area contributed by atoms with Crippen LogP contribution in [0.5, 0.6) is 0 Å². The van der Waals surface area contributed by atoms with E-state index in [9.17, 15) is 4.39 Å². The van der Waals surface area contributed by atoms with Gasteiger partial charge in [-0.1, -0.05) is 17.7 Å². The van der Waals surface area contributed by atoms with Gasteiger partial charge in [0.05, 0.1) is 13.1 Å². The Balaban J connectivity index is 1.77. The molecule has 0 saturated heterocycles. The standard InChI is InChI=1S/C13H14ClFN4/c14-11-2-1-3-12(15)10(11)7-19-13(17-8-18-19)6-16-9-4-5-9/h1-3,8-9,16H,4-7H2. The van der Waals surface area contributed by atoms with Crippen LogP contribution in [-0.4, -0.2) is 20.8 Å². The van der Waals surface area contributed by atoms with Gasteiger partial charge in [0.15, 0.2) is 0 Å². The number of rotatable bonds is 5. The maximum atomic E-state index is 13.7. The van der Waals surface area contributed by atoms with Gasteiger partial charge in [-0.3, -0.25) is 0 Å². The Bertz CT molecular complexity index is 560. The zero-order valence-electron chi connectivity index (χ0n) is 10.3. The summed E-state index contributed by atoms with van der Waals surface area (Å²) in [6, 6.07) is 5.28. The summed E-state index contributed by atoms with van der Waals surface area (Å²) in [6.07, 6.45) is 3.92. The Labute approximate surface area is 115 Å². The van der Waals surface area contributed by atoms with E-state index in [0.717, 1.165) is 5.82 Å². The summed E-state index contributed by atoms with van der Waals surface area (Å²) in [5.74, 6) is 0.482. The summed E-state index contributed by atoms with van der Waals surface area (Å²) in [5, 5.41) is 7.91. The molecule has 1 aromatic carbocycles. The van der Waals surface area contributed by atoms with Gasteiger partial charge in [-0.05, 0) is 25.0 Å². The molecule has 0 unspecified atom stereocenters. The first-order valence-corrected chi connectivity index (χ1v) is 6.65. The quantitative estimate of drug-likeness (QED) is 0.914. The fourth-order valence-electron chi connectivity index (χ4n) is 1.91. The van der Waals surface area contributed by atoms with E-state index < -0.39 is 0 Å². The second kappa shape index (κ2) is 5.27. The molecule has 1 aromatic heterocycles. The molecule has 0 spiro atoms. The Morgan fingerprint density at radius 2 is 2.26 bits per heavy atom. The molecule has 0 amide bonds. The molecule has 6 heteroatoms. The number of nitrogens with one attached hydrogen (secondary N) is 1. The lowest BCUT2D eigenvalue weighted by molar-refractivity contribution is 0.555. The number of halogens is 2. The van der Waals surface area contributed by atoms with Gasteiger partial charge in [-0.25, -0.2) is 14.1 Å². The fourth-order valence-corrected chi connectivity index (χ4v) is 2.14. The van der Waals surface area contributed by atoms with E-state index in [1.54, 1.807) is 16.8 Å². The summed E-state index contributed by atoms with van der Waals surface area (Å²) in [6.45, 7) is 0.948. The summed E-state index contributed by atoms with van der Waals surface area (Å²) >= 11 is 6.02. The third kappa shape index (κ3) is 2.93. The molecule has 2 aromatic rings. The predicted molar refractivity (Wildman–Crippen MR) is 70.4 cm³/mol. The van der Waals surface area contributed by atoms with Crippen molar-refractivity contribution in [1.29, 1.82) is 0 Å². The van der Waals surface area contributed by atoms with Gasteiger partial charge in [0.25, 0.3) is 0 Å². The molecule has 100 valence electrons. The van der Waals surface area contributed by atoms with Crippen molar-refractivity contribution in [3.63, 3.8) is 0 Å². The Kier molecular flexibility index (Phi) is 3.48. The van der Waals surface area contributed by atoms with Gasteiger partial charge in [-0.2, -0.15) is 5.10 Å². The lowest BCUT2D eigenvalue weighted by Gasteiger charge is -2.09. The topological polar surface area (TPSA) is 42.7 Å². The van der Waals surface area contributed by atoms with E-state index in [1.165, 1.54) is 25.2 Å². The monoisotopic (exact) mass is 280 g/mol. The molecule has 1 aliphatic rings. The normalized spacial score (nSPS) is 14.8. The van der Waals surface area contributed by atoms with Crippen LogP contribution in [-0.2, 0) is 13.1 Å². The van der Waals surface area contributed by atoms with Crippen LogP contribution in [0.3, 0.4) is 0 Å². The number of nitrogens with zero attached hydrogens (tertiary/aromatic N) is 3. The maximum absolute atomic E-state index is 13.7. The molecule has 3 rings (SSSR count). The molecule has 1 N–H and O–H groups in total. The maximum Gasteiger partial charge on any atom is 0.141 e. The number of aromatic nitrogens is 3. The Morgan fingerprint density at radius 3 is 3.00 bits per heavy atom. The smallest absolute Gasteiger partial charge is 0.141 e. The van der Waals surface area contributed by atoms with Crippen molar-refractivity contribution in [1.82, 2.24) is 20.1 Å². The first kappa shape index (κ1) is 12.6. The minimum atomic E-state index is -0.316. The van der Waals surface area contributed by atoms with E-state index in [-0.39, 0.29) is 5.82 Å². The highest BCUT2D eigenvalue weighted by Crippen LogP contribution is 2.21. The van der Waals surface area contributed by atoms with Gasteiger partial charge < -0.3 is 5.32 Å². The summed E-state index contributed by atoms with van der Waals surface area (Å²) in [4.78, 5) is 4.20. The minimum Gasteiger partial charge on any atom is -0.307 e. The highest BCUT2D eigenvalue weighted by Gasteiger charge is 2.21. The molecular weight excluding hydrogens is 267 g/mol. The van der Waals surface area contributed by atoms with Gasteiger partial charge in [0, 0.05) is 16.6 Å². The lowest BCUT2D eigenvalue weighted by Crippen LogP contribution is -2.20. The lowest BCUT2D eigenvalue weighted by atomic mass is 10.2. The van der Waals surface area contributed by atoms with Crippen LogP contribution in [0.4, 0.5) is 4.39 Å². The SMILES string of the molecule is Fc1cccc(Cl)c1Cn1ncnc1CNC1CC1. The van der Waals surface area contributed by atoms with Crippen molar-refractivity contribution in [3.8, 4) is 0 Å². The van der Waals surface area contributed by atoms with E-state index >= 15 is 0 Å². The highest BCUT2D eigenvalue weighted by molar-refractivity contribution is 6.31. The van der Waals surface area contributed by atoms with Crippen LogP contribution in [0.2, 0.25) is 5.02 Å². The number of benzene rings is 1. The van der Waals surface area contributed by atoms with Gasteiger partial charge in [0.1, 0.15) is 18.0 Å². The first-order chi connectivity index (χ1) is 9.24. The van der Waals surface area contributed by atoms with Crippen LogP contribution >= 0.6 is 11.6 Å². The van der Waals surface area contributed by atoms with Crippen molar-refractivity contribution in [2.75, 3.05) is 0 Å². The second-order valence-corrected chi connectivity index (χ2v) is 5.10. The molecule has 0 atom stereocenters. The van der Waals surface area contributed by atoms with Crippen LogP contribution in [0.1, 0.15) is 24.2 Å². The van der Waals surface area contributed by atoms with Crippen molar-refractivity contribution >= 4 is 11.6 Å². The molecule has 0 bridgehead atoms. The van der Waals surface area contributed by atoms with Gasteiger partial charge in [0.2, 0.25) is 0 Å². The number of hydrogen-bond acceptors (Lipinski definition) is 3. The summed E-state index contributed by atoms with van der Waals surface area (Å²) < 4.78 is 15.4. The highest BCUT2D eigenvalue weighted by atomic mass is 35.5. The summed E-state index contributed by atoms with van der Waals surface area (Å²) in [7, 11) is 0. The first-order valence-electron chi connectivity index (χ1n) is 6.27.